The van der Waals surface area contributed by atoms with Crippen LogP contribution in [0.3, 0.4) is 0 Å². The molecular weight excluding hydrogens is 248 g/mol. The van der Waals surface area contributed by atoms with E-state index in [1.807, 2.05) is 17.7 Å². The highest BCUT2D eigenvalue weighted by Gasteiger charge is 2.16. The van der Waals surface area contributed by atoms with Crippen molar-refractivity contribution in [3.63, 3.8) is 0 Å². The van der Waals surface area contributed by atoms with Gasteiger partial charge in [0.15, 0.2) is 5.82 Å². The zero-order chi connectivity index (χ0) is 13.1. The summed E-state index contributed by atoms with van der Waals surface area (Å²) in [7, 11) is 0. The summed E-state index contributed by atoms with van der Waals surface area (Å²) in [5.41, 5.74) is 1.53. The Morgan fingerprint density at radius 3 is 2.89 bits per heavy atom. The van der Waals surface area contributed by atoms with Crippen LogP contribution in [0.2, 0.25) is 5.02 Å². The van der Waals surface area contributed by atoms with E-state index in [9.17, 15) is 4.79 Å². The Bertz CT molecular complexity index is 575. The Morgan fingerprint density at radius 1 is 1.44 bits per heavy atom. The van der Waals surface area contributed by atoms with Crippen LogP contribution < -0.4 is 0 Å². The fraction of sp³-hybridized carbons (Fsp3) is 0.286. The van der Waals surface area contributed by atoms with Gasteiger partial charge in [-0.15, -0.1) is 0 Å². The first-order valence-corrected chi connectivity index (χ1v) is 6.33. The van der Waals surface area contributed by atoms with E-state index in [4.69, 9.17) is 11.6 Å². The van der Waals surface area contributed by atoms with Gasteiger partial charge in [0.2, 0.25) is 5.78 Å². The summed E-state index contributed by atoms with van der Waals surface area (Å²) in [6.07, 6.45) is 4.46. The van der Waals surface area contributed by atoms with E-state index in [0.717, 1.165) is 18.5 Å². The van der Waals surface area contributed by atoms with Gasteiger partial charge in [0, 0.05) is 29.5 Å². The van der Waals surface area contributed by atoms with E-state index in [-0.39, 0.29) is 5.78 Å². The SMILES string of the molecule is CCCn1ccnc1C(=O)c1ccc(Cl)cc1C. The smallest absolute Gasteiger partial charge is 0.228 e. The summed E-state index contributed by atoms with van der Waals surface area (Å²) >= 11 is 5.90. The van der Waals surface area contributed by atoms with Gasteiger partial charge < -0.3 is 4.57 Å². The van der Waals surface area contributed by atoms with Crippen LogP contribution in [0, 0.1) is 6.92 Å². The lowest BCUT2D eigenvalue weighted by Crippen LogP contribution is -2.12. The number of hydrogen-bond donors (Lipinski definition) is 0. The number of benzene rings is 1. The van der Waals surface area contributed by atoms with Gasteiger partial charge in [0.1, 0.15) is 0 Å². The molecule has 0 aliphatic heterocycles. The van der Waals surface area contributed by atoms with Crippen LogP contribution in [0.4, 0.5) is 0 Å². The van der Waals surface area contributed by atoms with Crippen molar-refractivity contribution in [1.82, 2.24) is 9.55 Å². The molecule has 94 valence electrons. The third-order valence-electron chi connectivity index (χ3n) is 2.82. The molecule has 1 aromatic heterocycles. The summed E-state index contributed by atoms with van der Waals surface area (Å²) in [6.45, 7) is 4.75. The van der Waals surface area contributed by atoms with Crippen LogP contribution in [-0.4, -0.2) is 15.3 Å². The minimum atomic E-state index is -0.0531. The molecule has 0 bridgehead atoms. The van der Waals surface area contributed by atoms with Crippen LogP contribution in [0.1, 0.15) is 35.1 Å². The predicted molar refractivity (Wildman–Crippen MR) is 72.1 cm³/mol. The van der Waals surface area contributed by atoms with Crippen molar-refractivity contribution in [2.75, 3.05) is 0 Å². The van der Waals surface area contributed by atoms with Crippen molar-refractivity contribution in [1.29, 1.82) is 0 Å². The summed E-state index contributed by atoms with van der Waals surface area (Å²) in [5.74, 6) is 0.435. The maximum absolute atomic E-state index is 12.4. The molecule has 0 atom stereocenters. The third kappa shape index (κ3) is 2.46. The second kappa shape index (κ2) is 5.36. The molecule has 0 aliphatic rings. The Hall–Kier alpha value is -1.61. The molecule has 4 heteroatoms. The average molecular weight is 263 g/mol. The first-order chi connectivity index (χ1) is 8.63. The van der Waals surface area contributed by atoms with E-state index < -0.39 is 0 Å². The number of rotatable bonds is 4. The van der Waals surface area contributed by atoms with Gasteiger partial charge in [-0.05, 0) is 37.1 Å². The fourth-order valence-electron chi connectivity index (χ4n) is 1.94. The van der Waals surface area contributed by atoms with Gasteiger partial charge in [-0.3, -0.25) is 4.79 Å². The van der Waals surface area contributed by atoms with Crippen molar-refractivity contribution in [2.45, 2.75) is 26.8 Å². The highest BCUT2D eigenvalue weighted by atomic mass is 35.5. The zero-order valence-corrected chi connectivity index (χ0v) is 11.2. The molecule has 0 saturated carbocycles. The first kappa shape index (κ1) is 12.8. The normalized spacial score (nSPS) is 10.6. The molecule has 0 saturated heterocycles. The number of carbonyl (C=O) groups is 1. The van der Waals surface area contributed by atoms with Gasteiger partial charge in [-0.1, -0.05) is 18.5 Å². The molecule has 18 heavy (non-hydrogen) atoms. The lowest BCUT2D eigenvalue weighted by atomic mass is 10.0. The number of aryl methyl sites for hydroxylation is 2. The van der Waals surface area contributed by atoms with E-state index in [2.05, 4.69) is 11.9 Å². The molecule has 1 aromatic carbocycles. The molecule has 3 nitrogen and oxygen atoms in total. The Morgan fingerprint density at radius 2 is 2.22 bits per heavy atom. The minimum Gasteiger partial charge on any atom is -0.328 e. The molecule has 0 spiro atoms. The molecular formula is C14H15ClN2O. The van der Waals surface area contributed by atoms with Crippen molar-refractivity contribution in [3.05, 3.63) is 52.6 Å². The van der Waals surface area contributed by atoms with E-state index in [1.165, 1.54) is 0 Å². The van der Waals surface area contributed by atoms with Crippen LogP contribution in [0.15, 0.2) is 30.6 Å². The van der Waals surface area contributed by atoms with Crippen molar-refractivity contribution in [3.8, 4) is 0 Å². The topological polar surface area (TPSA) is 34.9 Å². The average Bonchev–Trinajstić information content (AvgIpc) is 2.77. The fourth-order valence-corrected chi connectivity index (χ4v) is 2.17. The number of imidazole rings is 1. The number of carbonyl (C=O) groups excluding carboxylic acids is 1. The quantitative estimate of drug-likeness (QED) is 0.791. The third-order valence-corrected chi connectivity index (χ3v) is 3.05. The van der Waals surface area contributed by atoms with Gasteiger partial charge in [-0.2, -0.15) is 0 Å². The summed E-state index contributed by atoms with van der Waals surface area (Å²) < 4.78 is 1.89. The summed E-state index contributed by atoms with van der Waals surface area (Å²) in [6, 6.07) is 5.28. The van der Waals surface area contributed by atoms with E-state index in [0.29, 0.717) is 16.4 Å². The molecule has 2 aromatic rings. The summed E-state index contributed by atoms with van der Waals surface area (Å²) in [4.78, 5) is 16.6. The van der Waals surface area contributed by atoms with Crippen molar-refractivity contribution >= 4 is 17.4 Å². The molecule has 1 heterocycles. The highest BCUT2D eigenvalue weighted by Crippen LogP contribution is 2.18. The minimum absolute atomic E-state index is 0.0531. The first-order valence-electron chi connectivity index (χ1n) is 5.95. The largest absolute Gasteiger partial charge is 0.328 e. The van der Waals surface area contributed by atoms with Gasteiger partial charge in [0.05, 0.1) is 0 Å². The molecule has 2 rings (SSSR count). The monoisotopic (exact) mass is 262 g/mol. The second-order valence-corrected chi connectivity index (χ2v) is 4.67. The number of halogens is 1. The maximum atomic E-state index is 12.4. The zero-order valence-electron chi connectivity index (χ0n) is 10.5. The molecule has 0 fully saturated rings. The molecule has 0 aliphatic carbocycles. The van der Waals surface area contributed by atoms with Gasteiger partial charge >= 0.3 is 0 Å². The Kier molecular flexibility index (Phi) is 3.82. The van der Waals surface area contributed by atoms with Crippen LogP contribution >= 0.6 is 11.6 Å². The van der Waals surface area contributed by atoms with Crippen molar-refractivity contribution < 1.29 is 4.79 Å². The van der Waals surface area contributed by atoms with E-state index in [1.54, 1.807) is 24.4 Å². The van der Waals surface area contributed by atoms with Crippen molar-refractivity contribution in [2.24, 2.45) is 0 Å². The highest BCUT2D eigenvalue weighted by molar-refractivity contribution is 6.30. The molecule has 0 amide bonds. The van der Waals surface area contributed by atoms with Gasteiger partial charge in [0.25, 0.3) is 0 Å². The maximum Gasteiger partial charge on any atom is 0.228 e. The number of hydrogen-bond acceptors (Lipinski definition) is 2. The predicted octanol–water partition coefficient (Wildman–Crippen LogP) is 3.49. The standard InChI is InChI=1S/C14H15ClN2O/c1-3-7-17-8-6-16-14(17)13(18)12-5-4-11(15)9-10(12)2/h4-6,8-9H,3,7H2,1-2H3. The second-order valence-electron chi connectivity index (χ2n) is 4.23. The molecule has 0 N–H and O–H groups in total. The number of nitrogens with zero attached hydrogens (tertiary/aromatic N) is 2. The molecule has 0 radical (unpaired) electrons. The van der Waals surface area contributed by atoms with Crippen LogP contribution in [0.5, 0.6) is 0 Å². The summed E-state index contributed by atoms with van der Waals surface area (Å²) in [5, 5.41) is 0.640. The van der Waals surface area contributed by atoms with Crippen LogP contribution in [0.25, 0.3) is 0 Å². The van der Waals surface area contributed by atoms with Gasteiger partial charge in [-0.25, -0.2) is 4.98 Å². The number of aromatic nitrogens is 2. The Balaban J connectivity index is 2.38. The van der Waals surface area contributed by atoms with E-state index >= 15 is 0 Å². The lowest BCUT2D eigenvalue weighted by Gasteiger charge is -2.07. The Labute approximate surface area is 111 Å². The molecule has 0 unspecified atom stereocenters. The van der Waals surface area contributed by atoms with Crippen LogP contribution in [-0.2, 0) is 6.54 Å². The lowest BCUT2D eigenvalue weighted by molar-refractivity contribution is 0.102. The number of ketones is 1.